The quantitative estimate of drug-likeness (QED) is 0.929. The Morgan fingerprint density at radius 3 is 2.84 bits per heavy atom. The van der Waals surface area contributed by atoms with Crippen molar-refractivity contribution in [1.29, 1.82) is 5.26 Å². The number of hydrogen-bond acceptors (Lipinski definition) is 3. The molecule has 0 spiro atoms. The zero-order valence-corrected chi connectivity index (χ0v) is 12.1. The third-order valence-electron chi connectivity index (χ3n) is 2.72. The molecule has 0 amide bonds. The normalized spacial score (nSPS) is 9.74. The molecule has 0 aliphatic carbocycles. The van der Waals surface area contributed by atoms with Gasteiger partial charge in [0.1, 0.15) is 11.8 Å². The van der Waals surface area contributed by atoms with Gasteiger partial charge < -0.3 is 10.1 Å². The van der Waals surface area contributed by atoms with Gasteiger partial charge in [0.15, 0.2) is 0 Å². The van der Waals surface area contributed by atoms with Crippen molar-refractivity contribution in [2.75, 3.05) is 12.4 Å². The SMILES string of the molecule is COc1cccc(CNc2ccc(Br)cc2C#N)c1. The lowest BCUT2D eigenvalue weighted by molar-refractivity contribution is 0.414. The maximum Gasteiger partial charge on any atom is 0.119 e. The number of ether oxygens (including phenoxy) is 1. The van der Waals surface area contributed by atoms with Crippen molar-refractivity contribution in [1.82, 2.24) is 0 Å². The van der Waals surface area contributed by atoms with Crippen molar-refractivity contribution in [2.45, 2.75) is 6.54 Å². The van der Waals surface area contributed by atoms with Gasteiger partial charge in [0.05, 0.1) is 18.4 Å². The van der Waals surface area contributed by atoms with Crippen molar-refractivity contribution < 1.29 is 4.74 Å². The third-order valence-corrected chi connectivity index (χ3v) is 3.21. The van der Waals surface area contributed by atoms with E-state index in [0.717, 1.165) is 21.5 Å². The van der Waals surface area contributed by atoms with Crippen LogP contribution in [0.15, 0.2) is 46.9 Å². The van der Waals surface area contributed by atoms with Gasteiger partial charge in [0.2, 0.25) is 0 Å². The van der Waals surface area contributed by atoms with Crippen LogP contribution in [-0.2, 0) is 6.54 Å². The van der Waals surface area contributed by atoms with Crippen LogP contribution in [0.5, 0.6) is 5.75 Å². The molecule has 0 bridgehead atoms. The molecular formula is C15H13BrN2O. The van der Waals surface area contributed by atoms with Crippen LogP contribution in [0.4, 0.5) is 5.69 Å². The summed E-state index contributed by atoms with van der Waals surface area (Å²) < 4.78 is 6.08. The van der Waals surface area contributed by atoms with Gasteiger partial charge in [0, 0.05) is 11.0 Å². The van der Waals surface area contributed by atoms with Crippen LogP contribution >= 0.6 is 15.9 Å². The van der Waals surface area contributed by atoms with Gasteiger partial charge in [0.25, 0.3) is 0 Å². The summed E-state index contributed by atoms with van der Waals surface area (Å²) in [7, 11) is 1.65. The largest absolute Gasteiger partial charge is 0.497 e. The second kappa shape index (κ2) is 6.26. The number of nitriles is 1. The first-order valence-corrected chi connectivity index (χ1v) is 6.58. The maximum absolute atomic E-state index is 9.09. The highest BCUT2D eigenvalue weighted by Crippen LogP contribution is 2.21. The fraction of sp³-hybridized carbons (Fsp3) is 0.133. The molecule has 1 N–H and O–H groups in total. The molecule has 0 aliphatic rings. The van der Waals surface area contributed by atoms with Gasteiger partial charge in [-0.15, -0.1) is 0 Å². The Bertz CT molecular complexity index is 620. The minimum atomic E-state index is 0.622. The predicted octanol–water partition coefficient (Wildman–Crippen LogP) is 3.94. The van der Waals surface area contributed by atoms with E-state index in [1.54, 1.807) is 13.2 Å². The minimum absolute atomic E-state index is 0.622. The highest BCUT2D eigenvalue weighted by atomic mass is 79.9. The molecule has 0 heterocycles. The zero-order chi connectivity index (χ0) is 13.7. The molecule has 0 radical (unpaired) electrons. The van der Waals surface area contributed by atoms with Crippen molar-refractivity contribution >= 4 is 21.6 Å². The fourth-order valence-electron chi connectivity index (χ4n) is 1.74. The molecule has 2 aromatic carbocycles. The number of methoxy groups -OCH3 is 1. The lowest BCUT2D eigenvalue weighted by Gasteiger charge is -2.09. The number of nitrogens with zero attached hydrogens (tertiary/aromatic N) is 1. The molecule has 0 atom stereocenters. The van der Waals surface area contributed by atoms with Crippen LogP contribution < -0.4 is 10.1 Å². The van der Waals surface area contributed by atoms with E-state index in [4.69, 9.17) is 10.00 Å². The fourth-order valence-corrected chi connectivity index (χ4v) is 2.10. The molecule has 2 rings (SSSR count). The Hall–Kier alpha value is -1.99. The first kappa shape index (κ1) is 13.4. The number of rotatable bonds is 4. The Kier molecular flexibility index (Phi) is 4.43. The molecule has 0 aliphatic heterocycles. The van der Waals surface area contributed by atoms with Gasteiger partial charge in [-0.05, 0) is 35.9 Å². The van der Waals surface area contributed by atoms with Gasteiger partial charge >= 0.3 is 0 Å². The summed E-state index contributed by atoms with van der Waals surface area (Å²) in [4.78, 5) is 0. The summed E-state index contributed by atoms with van der Waals surface area (Å²) >= 11 is 3.36. The van der Waals surface area contributed by atoms with Gasteiger partial charge in [-0.1, -0.05) is 28.1 Å². The molecule has 0 unspecified atom stereocenters. The molecule has 19 heavy (non-hydrogen) atoms. The second-order valence-electron chi connectivity index (χ2n) is 4.01. The first-order valence-electron chi connectivity index (χ1n) is 5.79. The highest BCUT2D eigenvalue weighted by molar-refractivity contribution is 9.10. The standard InChI is InChI=1S/C15H13BrN2O/c1-19-14-4-2-3-11(7-14)10-18-15-6-5-13(16)8-12(15)9-17/h2-8,18H,10H2,1H3. The third kappa shape index (κ3) is 3.49. The van der Waals surface area contributed by atoms with Crippen molar-refractivity contribution in [2.24, 2.45) is 0 Å². The number of hydrogen-bond donors (Lipinski definition) is 1. The van der Waals surface area contributed by atoms with E-state index in [1.165, 1.54) is 0 Å². The van der Waals surface area contributed by atoms with Gasteiger partial charge in [-0.2, -0.15) is 5.26 Å². The van der Waals surface area contributed by atoms with E-state index >= 15 is 0 Å². The monoisotopic (exact) mass is 316 g/mol. The average molecular weight is 317 g/mol. The summed E-state index contributed by atoms with van der Waals surface area (Å²) in [6.07, 6.45) is 0. The second-order valence-corrected chi connectivity index (χ2v) is 4.92. The van der Waals surface area contributed by atoms with Crippen LogP contribution in [0.3, 0.4) is 0 Å². The topological polar surface area (TPSA) is 45.0 Å². The van der Waals surface area contributed by atoms with E-state index < -0.39 is 0 Å². The molecule has 0 saturated carbocycles. The molecule has 96 valence electrons. The summed E-state index contributed by atoms with van der Waals surface area (Å²) in [6.45, 7) is 0.646. The highest BCUT2D eigenvalue weighted by Gasteiger charge is 2.03. The van der Waals surface area contributed by atoms with Crippen molar-refractivity contribution in [3.05, 3.63) is 58.1 Å². The van der Waals surface area contributed by atoms with Gasteiger partial charge in [-0.25, -0.2) is 0 Å². The number of nitrogens with one attached hydrogen (secondary N) is 1. The molecule has 0 saturated heterocycles. The summed E-state index contributed by atoms with van der Waals surface area (Å²) in [5.74, 6) is 0.829. The number of halogens is 1. The lowest BCUT2D eigenvalue weighted by atomic mass is 10.1. The van der Waals surface area contributed by atoms with Gasteiger partial charge in [-0.3, -0.25) is 0 Å². The first-order chi connectivity index (χ1) is 9.22. The Labute approximate surface area is 121 Å². The van der Waals surface area contributed by atoms with E-state index in [-0.39, 0.29) is 0 Å². The molecule has 0 fully saturated rings. The molecular weight excluding hydrogens is 304 g/mol. The van der Waals surface area contributed by atoms with Crippen molar-refractivity contribution in [3.8, 4) is 11.8 Å². The predicted molar refractivity (Wildman–Crippen MR) is 79.2 cm³/mol. The van der Waals surface area contributed by atoms with Crippen LogP contribution in [-0.4, -0.2) is 7.11 Å². The smallest absolute Gasteiger partial charge is 0.119 e. The maximum atomic E-state index is 9.09. The Morgan fingerprint density at radius 2 is 2.11 bits per heavy atom. The van der Waals surface area contributed by atoms with E-state index in [2.05, 4.69) is 27.3 Å². The zero-order valence-electron chi connectivity index (χ0n) is 10.5. The molecule has 4 heteroatoms. The molecule has 3 nitrogen and oxygen atoms in total. The Morgan fingerprint density at radius 1 is 1.26 bits per heavy atom. The van der Waals surface area contributed by atoms with Crippen LogP contribution in [0.2, 0.25) is 0 Å². The molecule has 2 aromatic rings. The summed E-state index contributed by atoms with van der Waals surface area (Å²) in [5.41, 5.74) is 2.55. The summed E-state index contributed by atoms with van der Waals surface area (Å²) in [6, 6.07) is 15.6. The Balaban J connectivity index is 2.12. The minimum Gasteiger partial charge on any atom is -0.497 e. The van der Waals surface area contributed by atoms with Crippen LogP contribution in [0.1, 0.15) is 11.1 Å². The van der Waals surface area contributed by atoms with Crippen molar-refractivity contribution in [3.63, 3.8) is 0 Å². The number of anilines is 1. The summed E-state index contributed by atoms with van der Waals surface area (Å²) in [5, 5.41) is 12.4. The van der Waals surface area contributed by atoms with E-state index in [1.807, 2.05) is 36.4 Å². The molecule has 0 aromatic heterocycles. The average Bonchev–Trinajstić information content (AvgIpc) is 2.46. The van der Waals surface area contributed by atoms with E-state index in [0.29, 0.717) is 12.1 Å². The van der Waals surface area contributed by atoms with E-state index in [9.17, 15) is 0 Å². The van der Waals surface area contributed by atoms with Crippen LogP contribution in [0.25, 0.3) is 0 Å². The lowest BCUT2D eigenvalue weighted by Crippen LogP contribution is -2.01. The van der Waals surface area contributed by atoms with Crippen LogP contribution in [0, 0.1) is 11.3 Å². The number of benzene rings is 2.